The smallest absolute Gasteiger partial charge is 0.319 e. The van der Waals surface area contributed by atoms with E-state index in [1.54, 1.807) is 4.90 Å². The predicted octanol–water partition coefficient (Wildman–Crippen LogP) is 6.18. The van der Waals surface area contributed by atoms with Crippen LogP contribution in [0.1, 0.15) is 92.1 Å². The number of hydrogen-bond acceptors (Lipinski definition) is 13. The lowest BCUT2D eigenvalue weighted by atomic mass is 9.93. The van der Waals surface area contributed by atoms with E-state index in [9.17, 15) is 24.3 Å². The van der Waals surface area contributed by atoms with Crippen molar-refractivity contribution in [1.29, 1.82) is 0 Å². The molecule has 13 rings (SSSR count). The van der Waals surface area contributed by atoms with Crippen LogP contribution in [0.3, 0.4) is 0 Å². The topological polar surface area (TPSA) is 180 Å². The number of amides is 5. The number of pyridine rings is 1. The Morgan fingerprint density at radius 3 is 2.36 bits per heavy atom. The Kier molecular flexibility index (Phi) is 12.6. The maximum Gasteiger partial charge on any atom is 0.319 e. The number of urea groups is 1. The molecule has 77 heavy (non-hydrogen) atoms. The molecule has 7 fully saturated rings. The van der Waals surface area contributed by atoms with Crippen LogP contribution in [-0.4, -0.2) is 160 Å². The highest BCUT2D eigenvalue weighted by molar-refractivity contribution is 6.06. The molecule has 3 unspecified atom stereocenters. The van der Waals surface area contributed by atoms with Gasteiger partial charge in [-0.05, 0) is 117 Å². The van der Waals surface area contributed by atoms with Crippen LogP contribution >= 0.6 is 0 Å². The van der Waals surface area contributed by atoms with Gasteiger partial charge >= 0.3 is 12.0 Å². The minimum atomic E-state index is -0.777. The van der Waals surface area contributed by atoms with E-state index in [-0.39, 0.29) is 87.3 Å². The summed E-state index contributed by atoms with van der Waals surface area (Å²) < 4.78 is 39.2. The zero-order valence-corrected chi connectivity index (χ0v) is 43.1. The van der Waals surface area contributed by atoms with Crippen LogP contribution in [0.15, 0.2) is 48.7 Å². The molecule has 400 valence electrons. The van der Waals surface area contributed by atoms with Crippen LogP contribution in [-0.2, 0) is 16.1 Å². The number of anilines is 2. The molecule has 8 heterocycles. The highest BCUT2D eigenvalue weighted by Crippen LogP contribution is 2.47. The first kappa shape index (κ1) is 49.4. The SMILES string of the molecule is C#Cc1c(F)ccc2cc(O)cc(-c3ncc4c(N5CC6CCC(C5)N6C(=O)NC5CCC5)nc(OCC5(CN6CCN(CC7CCN(c8ccc9c(c8)CN(C8CCC(=O)NC8=O)C9=O)CC7)CC6)CC5)nc4c3F)c12. The van der Waals surface area contributed by atoms with Crippen LogP contribution in [0.2, 0.25) is 0 Å². The fourth-order valence-electron chi connectivity index (χ4n) is 13.3. The molecule has 2 bridgehead atoms. The molecule has 0 radical (unpaired) electrons. The lowest BCUT2D eigenvalue weighted by Crippen LogP contribution is -2.60. The Bertz CT molecular complexity index is 3260. The molecule has 17 nitrogen and oxygen atoms in total. The number of nitrogens with one attached hydrogen (secondary N) is 2. The number of piperidine rings is 2. The third-order valence-electron chi connectivity index (χ3n) is 18.0. The van der Waals surface area contributed by atoms with Gasteiger partial charge in [0.1, 0.15) is 34.6 Å². The number of hydrogen-bond donors (Lipinski definition) is 3. The maximum absolute atomic E-state index is 17.4. The first-order chi connectivity index (χ1) is 37.4. The van der Waals surface area contributed by atoms with Gasteiger partial charge in [-0.15, -0.1) is 6.42 Å². The fraction of sp³-hybridized carbons (Fsp3) is 0.500. The van der Waals surface area contributed by atoms with Crippen molar-refractivity contribution in [2.75, 3.05) is 81.9 Å². The second-order valence-corrected chi connectivity index (χ2v) is 23.0. The number of imide groups is 1. The van der Waals surface area contributed by atoms with Crippen molar-refractivity contribution in [2.24, 2.45) is 11.3 Å². The van der Waals surface area contributed by atoms with Crippen LogP contribution in [0, 0.1) is 35.3 Å². The molecule has 2 saturated carbocycles. The van der Waals surface area contributed by atoms with Gasteiger partial charge in [0.05, 0.1) is 29.6 Å². The summed E-state index contributed by atoms with van der Waals surface area (Å²) in [6, 6.07) is 11.0. The largest absolute Gasteiger partial charge is 0.508 e. The molecule has 5 saturated heterocycles. The Balaban J connectivity index is 0.666. The zero-order chi connectivity index (χ0) is 52.7. The molecule has 5 amide bonds. The number of piperazine rings is 2. The third-order valence-corrected chi connectivity index (χ3v) is 18.0. The van der Waals surface area contributed by atoms with E-state index in [4.69, 9.17) is 21.1 Å². The van der Waals surface area contributed by atoms with Gasteiger partial charge in [0, 0.05) is 118 Å². The third kappa shape index (κ3) is 9.30. The van der Waals surface area contributed by atoms with E-state index in [1.807, 2.05) is 17.0 Å². The maximum atomic E-state index is 17.4. The number of halogens is 2. The highest BCUT2D eigenvalue weighted by Gasteiger charge is 2.47. The number of aromatic hydroxyl groups is 1. The minimum Gasteiger partial charge on any atom is -0.508 e. The first-order valence-electron chi connectivity index (χ1n) is 27.6. The van der Waals surface area contributed by atoms with E-state index in [0.717, 1.165) is 121 Å². The highest BCUT2D eigenvalue weighted by atomic mass is 19.1. The van der Waals surface area contributed by atoms with Gasteiger partial charge in [0.15, 0.2) is 5.82 Å². The quantitative estimate of drug-likeness (QED) is 0.0954. The van der Waals surface area contributed by atoms with Crippen molar-refractivity contribution in [3.05, 3.63) is 77.0 Å². The fourth-order valence-corrected chi connectivity index (χ4v) is 13.3. The minimum absolute atomic E-state index is 0.0182. The second-order valence-electron chi connectivity index (χ2n) is 23.0. The van der Waals surface area contributed by atoms with Crippen molar-refractivity contribution >= 4 is 56.9 Å². The number of terminal acetylenes is 1. The monoisotopic (exact) mass is 1050 g/mol. The molecule has 2 aromatic heterocycles. The summed E-state index contributed by atoms with van der Waals surface area (Å²) in [6.45, 7) is 9.37. The summed E-state index contributed by atoms with van der Waals surface area (Å²) in [5, 5.41) is 17.5. The van der Waals surface area contributed by atoms with Crippen molar-refractivity contribution in [1.82, 2.24) is 45.2 Å². The molecule has 3 atom stereocenters. The van der Waals surface area contributed by atoms with Crippen LogP contribution in [0.4, 0.5) is 25.1 Å². The number of aromatic nitrogens is 3. The standard InChI is InChI=1S/C58H63F2N11O6/c1-2-42-46(59)11-6-35-25-41(72)26-44(49(35)42)51-50(60)52-45(27-61-51)53(69-30-39-7-8-40(31-69)71(39)57(76)62-37-4-3-5-37)65-56(64-52)77-33-58(16-17-58)32-67-22-20-66(21-23-67)28-34-14-18-68(19-15-34)38-9-10-43-36(24-38)29-70(55(43)75)47-12-13-48(73)63-54(47)74/h1,6,9-11,24-27,34,37,39-40,47,72H,3-5,7-8,12-23,28-33H2,(H,62,76)(H,63,73,74). The summed E-state index contributed by atoms with van der Waals surface area (Å²) in [6.07, 6.45) is 16.9. The molecule has 5 aromatic rings. The number of phenols is 1. The molecule has 8 aliphatic rings. The zero-order valence-electron chi connectivity index (χ0n) is 43.1. The number of carbonyl (C=O) groups excluding carboxylic acids is 4. The van der Waals surface area contributed by atoms with E-state index in [2.05, 4.69) is 47.2 Å². The van der Waals surface area contributed by atoms with Crippen LogP contribution in [0.5, 0.6) is 11.8 Å². The molecule has 3 aromatic carbocycles. The van der Waals surface area contributed by atoms with E-state index < -0.39 is 23.6 Å². The summed E-state index contributed by atoms with van der Waals surface area (Å²) in [7, 11) is 0. The van der Waals surface area contributed by atoms with Crippen LogP contribution in [0.25, 0.3) is 32.9 Å². The van der Waals surface area contributed by atoms with Gasteiger partial charge < -0.3 is 44.6 Å². The first-order valence-corrected chi connectivity index (χ1v) is 27.6. The average Bonchev–Trinajstić information content (AvgIpc) is 4.04. The van der Waals surface area contributed by atoms with Gasteiger partial charge in [0.2, 0.25) is 11.8 Å². The second kappa shape index (κ2) is 19.7. The van der Waals surface area contributed by atoms with Gasteiger partial charge in [-0.3, -0.25) is 24.7 Å². The molecular formula is C58H63F2N11O6. The summed E-state index contributed by atoms with van der Waals surface area (Å²) in [5.74, 6) is 1.05. The average molecular weight is 1050 g/mol. The number of ether oxygens (including phenoxy) is 1. The molecular weight excluding hydrogens is 985 g/mol. The Labute approximate surface area is 445 Å². The summed E-state index contributed by atoms with van der Waals surface area (Å²) in [5.41, 5.74) is 2.47. The van der Waals surface area contributed by atoms with E-state index >= 15 is 8.78 Å². The molecule has 6 aliphatic heterocycles. The van der Waals surface area contributed by atoms with Gasteiger partial charge in [0.25, 0.3) is 5.91 Å². The number of benzene rings is 3. The van der Waals surface area contributed by atoms with Gasteiger partial charge in [-0.2, -0.15) is 9.97 Å². The van der Waals surface area contributed by atoms with Crippen molar-refractivity contribution in [2.45, 2.75) is 101 Å². The molecule has 3 N–H and O–H groups in total. The summed E-state index contributed by atoms with van der Waals surface area (Å²) >= 11 is 0. The van der Waals surface area contributed by atoms with Crippen molar-refractivity contribution < 1.29 is 37.8 Å². The Hall–Kier alpha value is -7.17. The number of fused-ring (bicyclic) bond motifs is 5. The van der Waals surface area contributed by atoms with Crippen molar-refractivity contribution in [3.8, 4) is 35.4 Å². The normalized spacial score (nSPS) is 23.8. The lowest BCUT2D eigenvalue weighted by Gasteiger charge is -2.42. The molecule has 0 spiro atoms. The van der Waals surface area contributed by atoms with Gasteiger partial charge in [-0.25, -0.2) is 13.6 Å². The molecule has 19 heteroatoms. The number of rotatable bonds is 12. The number of phenolic OH excluding ortho intramolecular Hbond substituents is 1. The Morgan fingerprint density at radius 2 is 1.65 bits per heavy atom. The lowest BCUT2D eigenvalue weighted by molar-refractivity contribution is -0.136. The van der Waals surface area contributed by atoms with E-state index in [1.165, 1.54) is 30.5 Å². The number of nitrogens with zero attached hydrogens (tertiary/aromatic N) is 9. The van der Waals surface area contributed by atoms with Crippen LogP contribution < -0.4 is 25.2 Å². The van der Waals surface area contributed by atoms with Gasteiger partial charge in [-0.1, -0.05) is 12.0 Å². The summed E-state index contributed by atoms with van der Waals surface area (Å²) in [4.78, 5) is 78.7. The predicted molar refractivity (Wildman–Crippen MR) is 284 cm³/mol. The van der Waals surface area contributed by atoms with E-state index in [0.29, 0.717) is 60.7 Å². The Morgan fingerprint density at radius 1 is 0.883 bits per heavy atom. The van der Waals surface area contributed by atoms with Crippen molar-refractivity contribution in [3.63, 3.8) is 0 Å². The number of carbonyl (C=O) groups is 4. The molecule has 2 aliphatic carbocycles.